The van der Waals surface area contributed by atoms with Crippen molar-refractivity contribution in [2.75, 3.05) is 0 Å². The summed E-state index contributed by atoms with van der Waals surface area (Å²) in [6.07, 6.45) is 5.69. The van der Waals surface area contributed by atoms with E-state index >= 15 is 0 Å². The fourth-order valence-corrected chi connectivity index (χ4v) is 2.49. The van der Waals surface area contributed by atoms with Crippen molar-refractivity contribution in [1.29, 1.82) is 0 Å². The summed E-state index contributed by atoms with van der Waals surface area (Å²) in [4.78, 5) is 11.9. The fourth-order valence-electron chi connectivity index (χ4n) is 2.27. The Balaban J connectivity index is 1.76. The second-order valence-corrected chi connectivity index (χ2v) is 5.76. The molecule has 0 saturated heterocycles. The molecular weight excluding hydrogens is 286 g/mol. The molecule has 0 spiro atoms. The Labute approximate surface area is 130 Å². The van der Waals surface area contributed by atoms with Crippen LogP contribution in [0.1, 0.15) is 24.5 Å². The number of benzene rings is 1. The van der Waals surface area contributed by atoms with Crippen LogP contribution >= 0.6 is 11.6 Å². The number of nitrogens with zero attached hydrogens (tertiary/aromatic N) is 2. The maximum absolute atomic E-state index is 11.9. The Morgan fingerprint density at radius 2 is 2.24 bits per heavy atom. The Morgan fingerprint density at radius 3 is 2.90 bits per heavy atom. The maximum Gasteiger partial charge on any atom is 0.220 e. The van der Waals surface area contributed by atoms with Gasteiger partial charge in [-0.15, -0.1) is 0 Å². The van der Waals surface area contributed by atoms with Crippen LogP contribution in [0, 0.1) is 0 Å². The van der Waals surface area contributed by atoms with Gasteiger partial charge in [-0.05, 0) is 43.0 Å². The number of nitrogens with one attached hydrogen (secondary N) is 1. The first-order valence-electron chi connectivity index (χ1n) is 7.04. The van der Waals surface area contributed by atoms with E-state index in [4.69, 9.17) is 11.6 Å². The molecule has 4 nitrogen and oxygen atoms in total. The quantitative estimate of drug-likeness (QED) is 0.892. The number of aromatic nitrogens is 2. The molecule has 1 heterocycles. The zero-order valence-electron chi connectivity index (χ0n) is 12.3. The molecule has 0 unspecified atom stereocenters. The smallest absolute Gasteiger partial charge is 0.220 e. The Hall–Kier alpha value is -1.81. The van der Waals surface area contributed by atoms with Crippen LogP contribution in [-0.4, -0.2) is 21.7 Å². The van der Waals surface area contributed by atoms with E-state index in [1.54, 1.807) is 10.9 Å². The van der Waals surface area contributed by atoms with E-state index in [1.165, 1.54) is 0 Å². The van der Waals surface area contributed by atoms with Crippen molar-refractivity contribution in [1.82, 2.24) is 15.1 Å². The van der Waals surface area contributed by atoms with Gasteiger partial charge in [-0.25, -0.2) is 0 Å². The molecule has 1 atom stereocenters. The lowest BCUT2D eigenvalue weighted by Crippen LogP contribution is -2.34. The summed E-state index contributed by atoms with van der Waals surface area (Å²) < 4.78 is 1.75. The van der Waals surface area contributed by atoms with Crippen LogP contribution in [0.5, 0.6) is 0 Å². The van der Waals surface area contributed by atoms with Gasteiger partial charge < -0.3 is 5.32 Å². The summed E-state index contributed by atoms with van der Waals surface area (Å²) in [7, 11) is 1.87. The third-order valence-corrected chi connectivity index (χ3v) is 3.47. The van der Waals surface area contributed by atoms with Crippen molar-refractivity contribution >= 4 is 17.5 Å². The maximum atomic E-state index is 11.9. The standard InChI is InChI=1S/C16H20ClN3O/c1-12(8-13-4-3-5-15(17)9-13)19-16(21)7-6-14-10-18-20(2)11-14/h3-5,9-12H,6-8H2,1-2H3,(H,19,21)/t12-/m1/s1. The summed E-state index contributed by atoms with van der Waals surface area (Å²) in [6.45, 7) is 2.00. The van der Waals surface area contributed by atoms with Gasteiger partial charge in [-0.3, -0.25) is 9.48 Å². The number of hydrogen-bond donors (Lipinski definition) is 1. The van der Waals surface area contributed by atoms with E-state index in [0.717, 1.165) is 22.6 Å². The molecule has 0 aliphatic carbocycles. The van der Waals surface area contributed by atoms with Crippen LogP contribution in [-0.2, 0) is 24.7 Å². The van der Waals surface area contributed by atoms with Gasteiger partial charge in [0.25, 0.3) is 0 Å². The minimum Gasteiger partial charge on any atom is -0.353 e. The highest BCUT2D eigenvalue weighted by atomic mass is 35.5. The Bertz CT molecular complexity index is 609. The van der Waals surface area contributed by atoms with Crippen LogP contribution in [0.3, 0.4) is 0 Å². The van der Waals surface area contributed by atoms with E-state index in [0.29, 0.717) is 12.8 Å². The van der Waals surface area contributed by atoms with Crippen LogP contribution in [0.15, 0.2) is 36.7 Å². The van der Waals surface area contributed by atoms with E-state index < -0.39 is 0 Å². The van der Waals surface area contributed by atoms with E-state index in [-0.39, 0.29) is 11.9 Å². The molecule has 2 rings (SSSR count). The first-order valence-corrected chi connectivity index (χ1v) is 7.42. The van der Waals surface area contributed by atoms with Crippen LogP contribution < -0.4 is 5.32 Å². The van der Waals surface area contributed by atoms with Gasteiger partial charge in [0, 0.05) is 30.7 Å². The SMILES string of the molecule is C[C@H](Cc1cccc(Cl)c1)NC(=O)CCc1cnn(C)c1. The topological polar surface area (TPSA) is 46.9 Å². The number of rotatable bonds is 6. The molecule has 0 radical (unpaired) electrons. The highest BCUT2D eigenvalue weighted by molar-refractivity contribution is 6.30. The van der Waals surface area contributed by atoms with Gasteiger partial charge in [0.15, 0.2) is 0 Å². The summed E-state index contributed by atoms with van der Waals surface area (Å²) >= 11 is 5.96. The zero-order valence-corrected chi connectivity index (χ0v) is 13.1. The van der Waals surface area contributed by atoms with Crippen molar-refractivity contribution in [2.24, 2.45) is 7.05 Å². The molecule has 1 aromatic heterocycles. The lowest BCUT2D eigenvalue weighted by molar-refractivity contribution is -0.121. The minimum absolute atomic E-state index is 0.0633. The summed E-state index contributed by atoms with van der Waals surface area (Å²) in [5.41, 5.74) is 2.21. The number of hydrogen-bond acceptors (Lipinski definition) is 2. The molecule has 112 valence electrons. The third-order valence-electron chi connectivity index (χ3n) is 3.24. The van der Waals surface area contributed by atoms with Crippen molar-refractivity contribution in [2.45, 2.75) is 32.2 Å². The summed E-state index contributed by atoms with van der Waals surface area (Å²) in [6, 6.07) is 7.81. The highest BCUT2D eigenvalue weighted by Crippen LogP contribution is 2.12. The molecule has 0 fully saturated rings. The second kappa shape index (κ2) is 7.27. The lowest BCUT2D eigenvalue weighted by atomic mass is 10.1. The van der Waals surface area contributed by atoms with Crippen molar-refractivity contribution < 1.29 is 4.79 Å². The Morgan fingerprint density at radius 1 is 1.43 bits per heavy atom. The molecular formula is C16H20ClN3O. The van der Waals surface area contributed by atoms with Crippen molar-refractivity contribution in [3.05, 3.63) is 52.8 Å². The molecule has 1 aromatic carbocycles. The molecule has 0 aliphatic rings. The summed E-state index contributed by atoms with van der Waals surface area (Å²) in [5.74, 6) is 0.0633. The van der Waals surface area contributed by atoms with Crippen LogP contribution in [0.4, 0.5) is 0 Å². The molecule has 0 aliphatic heterocycles. The fraction of sp³-hybridized carbons (Fsp3) is 0.375. The van der Waals surface area contributed by atoms with Gasteiger partial charge in [0.1, 0.15) is 0 Å². The van der Waals surface area contributed by atoms with Crippen LogP contribution in [0.2, 0.25) is 5.02 Å². The molecule has 2 aromatic rings. The molecule has 0 saturated carbocycles. The first-order chi connectivity index (χ1) is 10.0. The third kappa shape index (κ3) is 5.23. The average molecular weight is 306 g/mol. The number of aryl methyl sites for hydroxylation is 2. The van der Waals surface area contributed by atoms with Gasteiger partial charge >= 0.3 is 0 Å². The molecule has 0 bridgehead atoms. The number of amides is 1. The molecule has 1 N–H and O–H groups in total. The Kier molecular flexibility index (Phi) is 5.39. The highest BCUT2D eigenvalue weighted by Gasteiger charge is 2.09. The molecule has 1 amide bonds. The normalized spacial score (nSPS) is 12.1. The number of carbonyl (C=O) groups is 1. The van der Waals surface area contributed by atoms with Gasteiger partial charge in [0.05, 0.1) is 6.20 Å². The monoisotopic (exact) mass is 305 g/mol. The van der Waals surface area contributed by atoms with E-state index in [1.807, 2.05) is 44.4 Å². The van der Waals surface area contributed by atoms with E-state index in [9.17, 15) is 4.79 Å². The first kappa shape index (κ1) is 15.6. The lowest BCUT2D eigenvalue weighted by Gasteiger charge is -2.14. The molecule has 21 heavy (non-hydrogen) atoms. The minimum atomic E-state index is 0.0633. The second-order valence-electron chi connectivity index (χ2n) is 5.32. The average Bonchev–Trinajstić information content (AvgIpc) is 2.82. The predicted molar refractivity (Wildman–Crippen MR) is 84.3 cm³/mol. The number of halogens is 1. The largest absolute Gasteiger partial charge is 0.353 e. The molecule has 5 heteroatoms. The summed E-state index contributed by atoms with van der Waals surface area (Å²) in [5, 5.41) is 7.83. The zero-order chi connectivity index (χ0) is 15.2. The van der Waals surface area contributed by atoms with Crippen molar-refractivity contribution in [3.8, 4) is 0 Å². The van der Waals surface area contributed by atoms with Gasteiger partial charge in [0.2, 0.25) is 5.91 Å². The van der Waals surface area contributed by atoms with Crippen LogP contribution in [0.25, 0.3) is 0 Å². The number of carbonyl (C=O) groups excluding carboxylic acids is 1. The van der Waals surface area contributed by atoms with Gasteiger partial charge in [-0.2, -0.15) is 5.10 Å². The van der Waals surface area contributed by atoms with Gasteiger partial charge in [-0.1, -0.05) is 23.7 Å². The van der Waals surface area contributed by atoms with Crippen molar-refractivity contribution in [3.63, 3.8) is 0 Å². The predicted octanol–water partition coefficient (Wildman–Crippen LogP) is 2.75. The van der Waals surface area contributed by atoms with E-state index in [2.05, 4.69) is 10.4 Å².